The molecule has 0 saturated heterocycles. The molecular formula is C14H27NO. The van der Waals surface area contributed by atoms with Gasteiger partial charge in [0.05, 0.1) is 5.41 Å². The van der Waals surface area contributed by atoms with Gasteiger partial charge in [-0.1, -0.05) is 27.7 Å². The largest absolute Gasteiger partial charge is 0.343 e. The lowest BCUT2D eigenvalue weighted by molar-refractivity contribution is -0.147. The van der Waals surface area contributed by atoms with E-state index < -0.39 is 0 Å². The number of amides is 1. The summed E-state index contributed by atoms with van der Waals surface area (Å²) >= 11 is 0. The second kappa shape index (κ2) is 4.38. The van der Waals surface area contributed by atoms with E-state index in [0.29, 0.717) is 11.8 Å². The standard InChI is InChI=1S/C14H27NO/c1-7-15(8-2)12(16)14(6)10-9-11(3)13(14,4)5/h11H,7-10H2,1-6H3/t11-,14+/m1/s1. The lowest BCUT2D eigenvalue weighted by atomic mass is 9.65. The first kappa shape index (κ1) is 13.5. The van der Waals surface area contributed by atoms with Gasteiger partial charge in [-0.2, -0.15) is 0 Å². The molecule has 0 radical (unpaired) electrons. The van der Waals surface area contributed by atoms with Gasteiger partial charge >= 0.3 is 0 Å². The highest BCUT2D eigenvalue weighted by Crippen LogP contribution is 2.56. The van der Waals surface area contributed by atoms with Gasteiger partial charge < -0.3 is 4.90 Å². The van der Waals surface area contributed by atoms with Gasteiger partial charge in [-0.3, -0.25) is 4.79 Å². The summed E-state index contributed by atoms with van der Waals surface area (Å²) in [7, 11) is 0. The van der Waals surface area contributed by atoms with Gasteiger partial charge in [0.15, 0.2) is 0 Å². The summed E-state index contributed by atoms with van der Waals surface area (Å²) in [6.07, 6.45) is 2.22. The minimum atomic E-state index is -0.168. The molecule has 1 fully saturated rings. The van der Waals surface area contributed by atoms with E-state index in [4.69, 9.17) is 0 Å². The highest BCUT2D eigenvalue weighted by Gasteiger charge is 2.54. The van der Waals surface area contributed by atoms with Crippen LogP contribution in [-0.4, -0.2) is 23.9 Å². The Morgan fingerprint density at radius 3 is 2.06 bits per heavy atom. The van der Waals surface area contributed by atoms with Gasteiger partial charge in [-0.25, -0.2) is 0 Å². The predicted octanol–water partition coefficient (Wildman–Crippen LogP) is 3.32. The zero-order valence-corrected chi connectivity index (χ0v) is 11.8. The van der Waals surface area contributed by atoms with Crippen LogP contribution in [0.2, 0.25) is 0 Å². The van der Waals surface area contributed by atoms with Crippen molar-refractivity contribution in [3.63, 3.8) is 0 Å². The van der Waals surface area contributed by atoms with E-state index in [2.05, 4.69) is 41.5 Å². The molecule has 0 spiro atoms. The first-order chi connectivity index (χ1) is 7.31. The molecule has 2 nitrogen and oxygen atoms in total. The third kappa shape index (κ3) is 1.76. The van der Waals surface area contributed by atoms with Crippen molar-refractivity contribution < 1.29 is 4.79 Å². The van der Waals surface area contributed by atoms with Crippen molar-refractivity contribution in [1.82, 2.24) is 4.90 Å². The molecule has 1 amide bonds. The van der Waals surface area contributed by atoms with Gasteiger partial charge in [0.25, 0.3) is 0 Å². The summed E-state index contributed by atoms with van der Waals surface area (Å²) in [5, 5.41) is 0. The lowest BCUT2D eigenvalue weighted by Crippen LogP contribution is -2.48. The second-order valence-corrected chi connectivity index (χ2v) is 5.97. The Morgan fingerprint density at radius 2 is 1.75 bits per heavy atom. The average molecular weight is 225 g/mol. The maximum absolute atomic E-state index is 12.6. The predicted molar refractivity (Wildman–Crippen MR) is 68.2 cm³/mol. The van der Waals surface area contributed by atoms with E-state index in [1.54, 1.807) is 0 Å². The Bertz CT molecular complexity index is 268. The molecule has 0 aliphatic heterocycles. The van der Waals surface area contributed by atoms with Gasteiger partial charge in [-0.05, 0) is 38.0 Å². The lowest BCUT2D eigenvalue weighted by Gasteiger charge is -2.42. The Kier molecular flexibility index (Phi) is 3.71. The van der Waals surface area contributed by atoms with Crippen LogP contribution in [0.4, 0.5) is 0 Å². The van der Waals surface area contributed by atoms with Crippen molar-refractivity contribution in [2.24, 2.45) is 16.7 Å². The topological polar surface area (TPSA) is 20.3 Å². The molecule has 16 heavy (non-hydrogen) atoms. The maximum Gasteiger partial charge on any atom is 0.229 e. The Morgan fingerprint density at radius 1 is 1.25 bits per heavy atom. The SMILES string of the molecule is CCN(CC)C(=O)[C@]1(C)CC[C@@H](C)C1(C)C. The fraction of sp³-hybridized carbons (Fsp3) is 0.929. The third-order valence-electron chi connectivity index (χ3n) is 5.25. The summed E-state index contributed by atoms with van der Waals surface area (Å²) < 4.78 is 0. The molecule has 1 rings (SSSR count). The molecule has 1 aliphatic rings. The second-order valence-electron chi connectivity index (χ2n) is 5.97. The molecule has 1 saturated carbocycles. The van der Waals surface area contributed by atoms with Gasteiger partial charge in [-0.15, -0.1) is 0 Å². The highest BCUT2D eigenvalue weighted by molar-refractivity contribution is 5.83. The molecule has 94 valence electrons. The Labute approximate surface area is 100 Å². The molecule has 2 heteroatoms. The van der Waals surface area contributed by atoms with Crippen LogP contribution in [0.3, 0.4) is 0 Å². The monoisotopic (exact) mass is 225 g/mol. The summed E-state index contributed by atoms with van der Waals surface area (Å²) in [4.78, 5) is 14.6. The van der Waals surface area contributed by atoms with Crippen LogP contribution in [-0.2, 0) is 4.79 Å². The molecule has 0 unspecified atom stereocenters. The smallest absolute Gasteiger partial charge is 0.229 e. The van der Waals surface area contributed by atoms with Gasteiger partial charge in [0.2, 0.25) is 5.91 Å². The van der Waals surface area contributed by atoms with Crippen molar-refractivity contribution >= 4 is 5.91 Å². The molecule has 2 atom stereocenters. The molecule has 0 heterocycles. The fourth-order valence-corrected chi connectivity index (χ4v) is 2.97. The summed E-state index contributed by atoms with van der Waals surface area (Å²) in [5.74, 6) is 0.990. The average Bonchev–Trinajstić information content (AvgIpc) is 2.45. The van der Waals surface area contributed by atoms with Crippen LogP contribution < -0.4 is 0 Å². The Hall–Kier alpha value is -0.530. The number of hydrogen-bond acceptors (Lipinski definition) is 1. The van der Waals surface area contributed by atoms with E-state index in [1.165, 1.54) is 6.42 Å². The van der Waals surface area contributed by atoms with Crippen molar-refractivity contribution in [3.8, 4) is 0 Å². The highest BCUT2D eigenvalue weighted by atomic mass is 16.2. The van der Waals surface area contributed by atoms with E-state index in [9.17, 15) is 4.79 Å². The fourth-order valence-electron chi connectivity index (χ4n) is 2.97. The van der Waals surface area contributed by atoms with E-state index in [0.717, 1.165) is 19.5 Å². The van der Waals surface area contributed by atoms with Crippen molar-refractivity contribution in [3.05, 3.63) is 0 Å². The van der Waals surface area contributed by atoms with Crippen LogP contribution >= 0.6 is 0 Å². The van der Waals surface area contributed by atoms with Crippen LogP contribution in [0.1, 0.15) is 54.4 Å². The van der Waals surface area contributed by atoms with E-state index in [-0.39, 0.29) is 10.8 Å². The first-order valence-corrected chi connectivity index (χ1v) is 6.60. The van der Waals surface area contributed by atoms with Crippen LogP contribution in [0.25, 0.3) is 0 Å². The quantitative estimate of drug-likeness (QED) is 0.721. The third-order valence-corrected chi connectivity index (χ3v) is 5.25. The van der Waals surface area contributed by atoms with Crippen LogP contribution in [0.5, 0.6) is 0 Å². The zero-order chi connectivity index (χ0) is 12.6. The minimum Gasteiger partial charge on any atom is -0.343 e. The van der Waals surface area contributed by atoms with Gasteiger partial charge in [0, 0.05) is 13.1 Å². The van der Waals surface area contributed by atoms with Crippen molar-refractivity contribution in [2.45, 2.75) is 54.4 Å². The molecule has 0 aromatic heterocycles. The zero-order valence-electron chi connectivity index (χ0n) is 11.8. The van der Waals surface area contributed by atoms with Crippen LogP contribution in [0, 0.1) is 16.7 Å². The molecular weight excluding hydrogens is 198 g/mol. The minimum absolute atomic E-state index is 0.118. The van der Waals surface area contributed by atoms with Crippen molar-refractivity contribution in [1.29, 1.82) is 0 Å². The number of rotatable bonds is 3. The number of carbonyl (C=O) groups excluding carboxylic acids is 1. The molecule has 1 aliphatic carbocycles. The normalized spacial score (nSPS) is 32.8. The van der Waals surface area contributed by atoms with E-state index >= 15 is 0 Å². The Balaban J connectivity index is 2.98. The maximum atomic E-state index is 12.6. The molecule has 0 aromatic carbocycles. The van der Waals surface area contributed by atoms with Crippen molar-refractivity contribution in [2.75, 3.05) is 13.1 Å². The molecule has 0 bridgehead atoms. The molecule has 0 N–H and O–H groups in total. The van der Waals surface area contributed by atoms with Gasteiger partial charge in [0.1, 0.15) is 0 Å². The van der Waals surface area contributed by atoms with E-state index in [1.807, 2.05) is 4.90 Å². The molecule has 0 aromatic rings. The summed E-state index contributed by atoms with van der Waals surface area (Å²) in [6.45, 7) is 14.7. The number of nitrogens with zero attached hydrogens (tertiary/aromatic N) is 1. The number of carbonyl (C=O) groups is 1. The summed E-state index contributed by atoms with van der Waals surface area (Å²) in [6, 6.07) is 0. The first-order valence-electron chi connectivity index (χ1n) is 6.60. The van der Waals surface area contributed by atoms with Crippen LogP contribution in [0.15, 0.2) is 0 Å². The number of hydrogen-bond donors (Lipinski definition) is 0. The summed E-state index contributed by atoms with van der Waals surface area (Å²) in [5.41, 5.74) is -0.0505.